The van der Waals surface area contributed by atoms with E-state index in [9.17, 15) is 9.59 Å². The molecule has 3 heteroatoms. The highest BCUT2D eigenvalue weighted by atomic mass is 16.1. The van der Waals surface area contributed by atoms with Crippen molar-refractivity contribution in [2.75, 3.05) is 18.0 Å². The number of allylic oxidation sites excluding steroid dienone is 2. The molecular weight excluding hydrogens is 322 g/mol. The number of Topliss-reactive ketones (excluding diaryl/α,β-unsaturated/α-hetero) is 1. The number of anilines is 1. The molecule has 3 rings (SSSR count). The summed E-state index contributed by atoms with van der Waals surface area (Å²) in [6.45, 7) is 6.08. The maximum absolute atomic E-state index is 12.5. The number of carbonyl (C=O) groups is 2. The molecule has 26 heavy (non-hydrogen) atoms. The van der Waals surface area contributed by atoms with Crippen LogP contribution in [0, 0.1) is 0 Å². The SMILES string of the molecule is CCN(CC)c1ccc2c(c1)CC(=O)C(C(=O)C=Cc1ccccc1)=C2. The average Bonchev–Trinajstić information content (AvgIpc) is 2.67. The van der Waals surface area contributed by atoms with E-state index in [1.54, 1.807) is 12.2 Å². The van der Waals surface area contributed by atoms with Crippen molar-refractivity contribution >= 4 is 29.4 Å². The maximum Gasteiger partial charge on any atom is 0.189 e. The second kappa shape index (κ2) is 7.96. The lowest BCUT2D eigenvalue weighted by molar-refractivity contribution is -0.119. The Hall–Kier alpha value is -2.94. The number of carbonyl (C=O) groups excluding carboxylic acids is 2. The van der Waals surface area contributed by atoms with Crippen LogP contribution < -0.4 is 4.90 Å². The summed E-state index contributed by atoms with van der Waals surface area (Å²) in [5.41, 5.74) is 4.27. The van der Waals surface area contributed by atoms with Crippen molar-refractivity contribution in [1.82, 2.24) is 0 Å². The minimum Gasteiger partial charge on any atom is -0.372 e. The molecule has 1 aliphatic carbocycles. The zero-order valence-corrected chi connectivity index (χ0v) is 15.2. The van der Waals surface area contributed by atoms with Crippen LogP contribution in [0.4, 0.5) is 5.69 Å². The number of rotatable bonds is 6. The zero-order valence-electron chi connectivity index (χ0n) is 15.2. The Kier molecular flexibility index (Phi) is 5.47. The number of ketones is 2. The fraction of sp³-hybridized carbons (Fsp3) is 0.217. The molecule has 3 nitrogen and oxygen atoms in total. The van der Waals surface area contributed by atoms with Crippen LogP contribution >= 0.6 is 0 Å². The van der Waals surface area contributed by atoms with Gasteiger partial charge >= 0.3 is 0 Å². The molecule has 0 saturated carbocycles. The summed E-state index contributed by atoms with van der Waals surface area (Å²) in [5, 5.41) is 0. The summed E-state index contributed by atoms with van der Waals surface area (Å²) in [7, 11) is 0. The largest absolute Gasteiger partial charge is 0.372 e. The molecule has 2 aromatic carbocycles. The minimum atomic E-state index is -0.239. The van der Waals surface area contributed by atoms with Gasteiger partial charge in [-0.2, -0.15) is 0 Å². The molecule has 0 aromatic heterocycles. The molecule has 2 aromatic rings. The number of hydrogen-bond donors (Lipinski definition) is 0. The number of nitrogens with zero attached hydrogens (tertiary/aromatic N) is 1. The zero-order chi connectivity index (χ0) is 18.5. The highest BCUT2D eigenvalue weighted by molar-refractivity contribution is 6.29. The predicted octanol–water partition coefficient (Wildman–Crippen LogP) is 4.32. The Labute approximate surface area is 154 Å². The van der Waals surface area contributed by atoms with Gasteiger partial charge in [0.05, 0.1) is 5.57 Å². The summed E-state index contributed by atoms with van der Waals surface area (Å²) in [4.78, 5) is 27.2. The fourth-order valence-corrected chi connectivity index (χ4v) is 3.21. The van der Waals surface area contributed by atoms with Crippen LogP contribution in [0.2, 0.25) is 0 Å². The smallest absolute Gasteiger partial charge is 0.189 e. The molecular formula is C23H23NO2. The van der Waals surface area contributed by atoms with Gasteiger partial charge in [-0.25, -0.2) is 0 Å². The van der Waals surface area contributed by atoms with Crippen LogP contribution in [-0.4, -0.2) is 24.7 Å². The molecule has 0 heterocycles. The second-order valence-corrected chi connectivity index (χ2v) is 6.32. The van der Waals surface area contributed by atoms with Gasteiger partial charge in [0.15, 0.2) is 11.6 Å². The van der Waals surface area contributed by atoms with E-state index >= 15 is 0 Å². The topological polar surface area (TPSA) is 37.4 Å². The van der Waals surface area contributed by atoms with Crippen molar-refractivity contribution in [3.05, 3.63) is 76.9 Å². The molecule has 0 radical (unpaired) electrons. The van der Waals surface area contributed by atoms with Crippen LogP contribution in [0.25, 0.3) is 12.2 Å². The molecule has 0 amide bonds. The van der Waals surface area contributed by atoms with E-state index in [1.807, 2.05) is 36.4 Å². The van der Waals surface area contributed by atoms with Gasteiger partial charge in [0, 0.05) is 25.2 Å². The van der Waals surface area contributed by atoms with Gasteiger partial charge in [0.2, 0.25) is 0 Å². The molecule has 0 spiro atoms. The molecule has 0 fully saturated rings. The lowest BCUT2D eigenvalue weighted by Crippen LogP contribution is -2.23. The second-order valence-electron chi connectivity index (χ2n) is 6.32. The van der Waals surface area contributed by atoms with E-state index < -0.39 is 0 Å². The summed E-state index contributed by atoms with van der Waals surface area (Å²) < 4.78 is 0. The van der Waals surface area contributed by atoms with E-state index in [0.717, 1.165) is 35.5 Å². The highest BCUT2D eigenvalue weighted by Gasteiger charge is 2.23. The molecule has 0 aliphatic heterocycles. The lowest BCUT2D eigenvalue weighted by Gasteiger charge is -2.23. The fourth-order valence-electron chi connectivity index (χ4n) is 3.21. The van der Waals surface area contributed by atoms with Crippen LogP contribution in [0.3, 0.4) is 0 Å². The average molecular weight is 345 g/mol. The third-order valence-electron chi connectivity index (χ3n) is 4.70. The van der Waals surface area contributed by atoms with Crippen molar-refractivity contribution < 1.29 is 9.59 Å². The molecule has 0 unspecified atom stereocenters. The number of fused-ring (bicyclic) bond motifs is 1. The lowest BCUT2D eigenvalue weighted by atomic mass is 9.88. The van der Waals surface area contributed by atoms with E-state index in [1.165, 1.54) is 6.08 Å². The van der Waals surface area contributed by atoms with Gasteiger partial charge in [-0.05, 0) is 54.8 Å². The Morgan fingerprint density at radius 1 is 1.08 bits per heavy atom. The van der Waals surface area contributed by atoms with Crippen LogP contribution in [0.1, 0.15) is 30.5 Å². The molecule has 1 aliphatic rings. The van der Waals surface area contributed by atoms with Crippen molar-refractivity contribution in [3.63, 3.8) is 0 Å². The van der Waals surface area contributed by atoms with Crippen LogP contribution in [0.5, 0.6) is 0 Å². The predicted molar refractivity (Wildman–Crippen MR) is 107 cm³/mol. The van der Waals surface area contributed by atoms with Crippen molar-refractivity contribution in [2.24, 2.45) is 0 Å². The normalized spacial score (nSPS) is 13.5. The monoisotopic (exact) mass is 345 g/mol. The maximum atomic E-state index is 12.5. The van der Waals surface area contributed by atoms with E-state index in [-0.39, 0.29) is 23.6 Å². The van der Waals surface area contributed by atoms with Gasteiger partial charge in [-0.3, -0.25) is 9.59 Å². The standard InChI is InChI=1S/C23H23NO2/c1-3-24(4-2)20-12-11-18-15-21(23(26)16-19(18)14-20)22(25)13-10-17-8-6-5-7-9-17/h5-15H,3-4,16H2,1-2H3. The van der Waals surface area contributed by atoms with Gasteiger partial charge in [-0.15, -0.1) is 0 Å². The molecule has 132 valence electrons. The first-order valence-electron chi connectivity index (χ1n) is 9.02. The molecule has 0 bridgehead atoms. The first-order valence-corrected chi connectivity index (χ1v) is 9.02. The Bertz CT molecular complexity index is 874. The van der Waals surface area contributed by atoms with Crippen molar-refractivity contribution in [3.8, 4) is 0 Å². The summed E-state index contributed by atoms with van der Waals surface area (Å²) in [6.07, 6.45) is 5.23. The summed E-state index contributed by atoms with van der Waals surface area (Å²) in [5.74, 6) is -0.353. The number of benzene rings is 2. The third-order valence-corrected chi connectivity index (χ3v) is 4.70. The summed E-state index contributed by atoms with van der Waals surface area (Å²) >= 11 is 0. The minimum absolute atomic E-state index is 0.114. The molecule has 0 saturated heterocycles. The van der Waals surface area contributed by atoms with Gasteiger partial charge in [0.25, 0.3) is 0 Å². The highest BCUT2D eigenvalue weighted by Crippen LogP contribution is 2.27. The first-order chi connectivity index (χ1) is 12.6. The van der Waals surface area contributed by atoms with E-state index in [4.69, 9.17) is 0 Å². The van der Waals surface area contributed by atoms with Crippen LogP contribution in [-0.2, 0) is 16.0 Å². The van der Waals surface area contributed by atoms with Gasteiger partial charge in [0.1, 0.15) is 0 Å². The van der Waals surface area contributed by atoms with Crippen LogP contribution in [0.15, 0.2) is 60.2 Å². The molecule has 0 atom stereocenters. The first kappa shape index (κ1) is 17.9. The van der Waals surface area contributed by atoms with Gasteiger partial charge in [-0.1, -0.05) is 42.5 Å². The van der Waals surface area contributed by atoms with Crippen molar-refractivity contribution in [2.45, 2.75) is 20.3 Å². The van der Waals surface area contributed by atoms with Crippen molar-refractivity contribution in [1.29, 1.82) is 0 Å². The summed E-state index contributed by atoms with van der Waals surface area (Å²) in [6, 6.07) is 15.7. The van der Waals surface area contributed by atoms with E-state index in [0.29, 0.717) is 0 Å². The number of hydrogen-bond acceptors (Lipinski definition) is 3. The molecule has 0 N–H and O–H groups in total. The van der Waals surface area contributed by atoms with E-state index in [2.05, 4.69) is 30.9 Å². The third kappa shape index (κ3) is 3.83. The Morgan fingerprint density at radius 2 is 1.81 bits per heavy atom. The van der Waals surface area contributed by atoms with Gasteiger partial charge < -0.3 is 4.90 Å². The quantitative estimate of drug-likeness (QED) is 0.578. The Morgan fingerprint density at radius 3 is 2.50 bits per heavy atom. The Balaban J connectivity index is 1.85.